The fourth-order valence-corrected chi connectivity index (χ4v) is 3.87. The van der Waals surface area contributed by atoms with Gasteiger partial charge in [0.25, 0.3) is 0 Å². The van der Waals surface area contributed by atoms with Crippen molar-refractivity contribution >= 4 is 0 Å². The summed E-state index contributed by atoms with van der Waals surface area (Å²) in [5, 5.41) is 0. The molecule has 6 nitrogen and oxygen atoms in total. The van der Waals surface area contributed by atoms with Crippen molar-refractivity contribution in [1.82, 2.24) is 4.90 Å². The zero-order chi connectivity index (χ0) is 19.3. The molecule has 0 radical (unpaired) electrons. The number of fused-ring (bicyclic) bond motifs is 1. The van der Waals surface area contributed by atoms with Gasteiger partial charge in [0.2, 0.25) is 12.5 Å². The molecular formula is C22H27NO5. The standard InChI is InChI=1S/C22H27NO5/c1-24-19-8-4-3-6-17(19)13-23(14-18-7-5-9-26-18)12-16-10-20(25-2)22-21(11-16)27-15-28-22/h3-4,6,8,10-11,18H,5,7,9,12-15H2,1-2H3/t18-/m0/s1. The molecule has 28 heavy (non-hydrogen) atoms. The van der Waals surface area contributed by atoms with Gasteiger partial charge in [-0.25, -0.2) is 0 Å². The molecule has 2 aromatic rings. The topological polar surface area (TPSA) is 49.4 Å². The fraction of sp³-hybridized carbons (Fsp3) is 0.455. The predicted octanol–water partition coefficient (Wildman–Crippen LogP) is 3.61. The van der Waals surface area contributed by atoms with Crippen LogP contribution in [0.3, 0.4) is 0 Å². The van der Waals surface area contributed by atoms with Crippen LogP contribution in [0.1, 0.15) is 24.0 Å². The lowest BCUT2D eigenvalue weighted by molar-refractivity contribution is 0.0676. The molecular weight excluding hydrogens is 358 g/mol. The third-order valence-corrected chi connectivity index (χ3v) is 5.20. The molecule has 6 heteroatoms. The van der Waals surface area contributed by atoms with Gasteiger partial charge >= 0.3 is 0 Å². The Labute approximate surface area is 165 Å². The molecule has 0 spiro atoms. The molecule has 0 amide bonds. The van der Waals surface area contributed by atoms with Crippen molar-refractivity contribution in [2.75, 3.05) is 34.2 Å². The van der Waals surface area contributed by atoms with Crippen LogP contribution in [0, 0.1) is 0 Å². The Kier molecular flexibility index (Phi) is 5.88. The monoisotopic (exact) mass is 385 g/mol. The highest BCUT2D eigenvalue weighted by Crippen LogP contribution is 2.42. The highest BCUT2D eigenvalue weighted by atomic mass is 16.7. The highest BCUT2D eigenvalue weighted by Gasteiger charge is 2.23. The summed E-state index contributed by atoms with van der Waals surface area (Å²) in [5.74, 6) is 3.04. The minimum atomic E-state index is 0.232. The average Bonchev–Trinajstić information content (AvgIpc) is 3.39. The van der Waals surface area contributed by atoms with Crippen molar-refractivity contribution in [2.24, 2.45) is 0 Å². The van der Waals surface area contributed by atoms with Gasteiger partial charge in [0.15, 0.2) is 11.5 Å². The molecule has 1 fully saturated rings. The van der Waals surface area contributed by atoms with E-state index in [1.165, 1.54) is 0 Å². The smallest absolute Gasteiger partial charge is 0.231 e. The van der Waals surface area contributed by atoms with Gasteiger partial charge in [0.1, 0.15) is 5.75 Å². The van der Waals surface area contributed by atoms with Crippen LogP contribution in [-0.4, -0.2) is 45.2 Å². The van der Waals surface area contributed by atoms with E-state index in [1.807, 2.05) is 30.3 Å². The quantitative estimate of drug-likeness (QED) is 0.692. The Morgan fingerprint density at radius 3 is 2.68 bits per heavy atom. The second-order valence-corrected chi connectivity index (χ2v) is 7.15. The number of nitrogens with zero attached hydrogens (tertiary/aromatic N) is 1. The number of rotatable bonds is 8. The van der Waals surface area contributed by atoms with Gasteiger partial charge in [-0.3, -0.25) is 4.90 Å². The van der Waals surface area contributed by atoms with Gasteiger partial charge in [-0.05, 0) is 36.6 Å². The summed E-state index contributed by atoms with van der Waals surface area (Å²) in [7, 11) is 3.37. The van der Waals surface area contributed by atoms with Crippen molar-refractivity contribution < 1.29 is 23.7 Å². The fourth-order valence-electron chi connectivity index (χ4n) is 3.87. The molecule has 0 aliphatic carbocycles. The van der Waals surface area contributed by atoms with Crippen LogP contribution in [-0.2, 0) is 17.8 Å². The third-order valence-electron chi connectivity index (χ3n) is 5.20. The van der Waals surface area contributed by atoms with Crippen LogP contribution in [0.25, 0.3) is 0 Å². The maximum absolute atomic E-state index is 5.89. The van der Waals surface area contributed by atoms with Gasteiger partial charge in [-0.1, -0.05) is 18.2 Å². The molecule has 4 rings (SSSR count). The maximum atomic E-state index is 5.89. The Balaban J connectivity index is 1.56. The minimum Gasteiger partial charge on any atom is -0.496 e. The zero-order valence-corrected chi connectivity index (χ0v) is 16.5. The number of benzene rings is 2. The molecule has 0 saturated carbocycles. The van der Waals surface area contributed by atoms with E-state index in [-0.39, 0.29) is 12.9 Å². The molecule has 0 N–H and O–H groups in total. The lowest BCUT2D eigenvalue weighted by Gasteiger charge is -2.26. The van der Waals surface area contributed by atoms with Gasteiger partial charge < -0.3 is 23.7 Å². The van der Waals surface area contributed by atoms with E-state index in [0.717, 1.165) is 61.7 Å². The molecule has 2 heterocycles. The summed E-state index contributed by atoms with van der Waals surface area (Å²) in [6.07, 6.45) is 2.50. The van der Waals surface area contributed by atoms with E-state index < -0.39 is 0 Å². The van der Waals surface area contributed by atoms with Crippen LogP contribution in [0.4, 0.5) is 0 Å². The van der Waals surface area contributed by atoms with Gasteiger partial charge in [0, 0.05) is 31.8 Å². The van der Waals surface area contributed by atoms with E-state index >= 15 is 0 Å². The van der Waals surface area contributed by atoms with Crippen LogP contribution in [0.5, 0.6) is 23.0 Å². The van der Waals surface area contributed by atoms with Crippen molar-refractivity contribution in [3.8, 4) is 23.0 Å². The Morgan fingerprint density at radius 1 is 1.04 bits per heavy atom. The first-order valence-electron chi connectivity index (χ1n) is 9.69. The lowest BCUT2D eigenvalue weighted by Crippen LogP contribution is -2.31. The molecule has 2 aliphatic rings. The normalized spacial score (nSPS) is 17.9. The summed E-state index contributed by atoms with van der Waals surface area (Å²) >= 11 is 0. The molecule has 2 aromatic carbocycles. The third kappa shape index (κ3) is 4.18. The second kappa shape index (κ2) is 8.71. The van der Waals surface area contributed by atoms with Crippen molar-refractivity contribution in [1.29, 1.82) is 0 Å². The molecule has 0 bridgehead atoms. The summed E-state index contributed by atoms with van der Waals surface area (Å²) in [4.78, 5) is 2.39. The number of hydrogen-bond acceptors (Lipinski definition) is 6. The summed E-state index contributed by atoms with van der Waals surface area (Å²) in [6, 6.07) is 12.2. The molecule has 0 unspecified atom stereocenters. The average molecular weight is 385 g/mol. The van der Waals surface area contributed by atoms with Crippen LogP contribution in [0.15, 0.2) is 36.4 Å². The molecule has 0 aromatic heterocycles. The number of ether oxygens (including phenoxy) is 5. The van der Waals surface area contributed by atoms with Gasteiger partial charge in [0.05, 0.1) is 20.3 Å². The molecule has 1 atom stereocenters. The molecule has 150 valence electrons. The number of para-hydroxylation sites is 1. The first-order chi connectivity index (χ1) is 13.8. The Hall–Kier alpha value is -2.44. The Bertz CT molecular complexity index is 804. The molecule has 2 aliphatic heterocycles. The van der Waals surface area contributed by atoms with Crippen LogP contribution in [0.2, 0.25) is 0 Å². The summed E-state index contributed by atoms with van der Waals surface area (Å²) in [6.45, 7) is 3.49. The highest BCUT2D eigenvalue weighted by molar-refractivity contribution is 5.55. The zero-order valence-electron chi connectivity index (χ0n) is 16.5. The Morgan fingerprint density at radius 2 is 1.89 bits per heavy atom. The van der Waals surface area contributed by atoms with Crippen LogP contribution >= 0.6 is 0 Å². The van der Waals surface area contributed by atoms with Gasteiger partial charge in [-0.2, -0.15) is 0 Å². The first kappa shape index (κ1) is 18.9. The second-order valence-electron chi connectivity index (χ2n) is 7.15. The van der Waals surface area contributed by atoms with E-state index in [1.54, 1.807) is 14.2 Å². The van der Waals surface area contributed by atoms with Crippen molar-refractivity contribution in [3.05, 3.63) is 47.5 Å². The largest absolute Gasteiger partial charge is 0.496 e. The first-order valence-corrected chi connectivity index (χ1v) is 9.69. The van der Waals surface area contributed by atoms with E-state index in [9.17, 15) is 0 Å². The number of methoxy groups -OCH3 is 2. The minimum absolute atomic E-state index is 0.232. The molecule has 1 saturated heterocycles. The predicted molar refractivity (Wildman–Crippen MR) is 105 cm³/mol. The van der Waals surface area contributed by atoms with E-state index in [4.69, 9.17) is 23.7 Å². The van der Waals surface area contributed by atoms with Crippen molar-refractivity contribution in [3.63, 3.8) is 0 Å². The maximum Gasteiger partial charge on any atom is 0.231 e. The van der Waals surface area contributed by atoms with Crippen molar-refractivity contribution in [2.45, 2.75) is 32.0 Å². The summed E-state index contributed by atoms with van der Waals surface area (Å²) < 4.78 is 28.0. The summed E-state index contributed by atoms with van der Waals surface area (Å²) in [5.41, 5.74) is 2.28. The lowest BCUT2D eigenvalue weighted by atomic mass is 10.1. The van der Waals surface area contributed by atoms with E-state index in [0.29, 0.717) is 11.5 Å². The van der Waals surface area contributed by atoms with Crippen LogP contribution < -0.4 is 18.9 Å². The SMILES string of the molecule is COc1ccccc1CN(Cc1cc(OC)c2c(c1)OCO2)C[C@@H]1CCCO1. The number of hydrogen-bond donors (Lipinski definition) is 0. The van der Waals surface area contributed by atoms with Gasteiger partial charge in [-0.15, -0.1) is 0 Å². The van der Waals surface area contributed by atoms with E-state index in [2.05, 4.69) is 11.0 Å².